The van der Waals surface area contributed by atoms with E-state index in [0.29, 0.717) is 21.7 Å². The van der Waals surface area contributed by atoms with Gasteiger partial charge in [0, 0.05) is 0 Å². The third-order valence-electron chi connectivity index (χ3n) is 11.7. The molecule has 0 aromatic rings. The average Bonchev–Trinajstić information content (AvgIpc) is 2.99. The topological polar surface area (TPSA) is 0 Å². The summed E-state index contributed by atoms with van der Waals surface area (Å²) in [6, 6.07) is 0. The van der Waals surface area contributed by atoms with Gasteiger partial charge in [0.2, 0.25) is 0 Å². The van der Waals surface area contributed by atoms with Crippen LogP contribution in [0.2, 0.25) is 0 Å². The van der Waals surface area contributed by atoms with Crippen LogP contribution < -0.4 is 0 Å². The van der Waals surface area contributed by atoms with Gasteiger partial charge in [0.1, 0.15) is 0 Å². The van der Waals surface area contributed by atoms with Crippen molar-refractivity contribution in [1.82, 2.24) is 0 Å². The van der Waals surface area contributed by atoms with E-state index in [9.17, 15) is 0 Å². The lowest BCUT2D eigenvalue weighted by molar-refractivity contribution is -0.201. The first-order valence-corrected chi connectivity index (χ1v) is 13.3. The highest BCUT2D eigenvalue weighted by Crippen LogP contribution is 2.75. The Morgan fingerprint density at radius 2 is 1.53 bits per heavy atom. The van der Waals surface area contributed by atoms with E-state index in [2.05, 4.69) is 61.1 Å². The van der Waals surface area contributed by atoms with Gasteiger partial charge in [0.15, 0.2) is 0 Å². The molecule has 30 heavy (non-hydrogen) atoms. The molecule has 0 heterocycles. The predicted molar refractivity (Wildman–Crippen MR) is 131 cm³/mol. The molecule has 4 rings (SSSR count). The van der Waals surface area contributed by atoms with Gasteiger partial charge in [-0.2, -0.15) is 0 Å². The van der Waals surface area contributed by atoms with Gasteiger partial charge >= 0.3 is 0 Å². The maximum absolute atomic E-state index is 4.65. The smallest absolute Gasteiger partial charge is 0.0172 e. The molecule has 0 aromatic carbocycles. The van der Waals surface area contributed by atoms with E-state index in [1.54, 1.807) is 5.57 Å². The summed E-state index contributed by atoms with van der Waals surface area (Å²) in [5.74, 6) is 3.54. The summed E-state index contributed by atoms with van der Waals surface area (Å²) in [4.78, 5) is 0. The lowest BCUT2D eigenvalue weighted by atomic mass is 9.36. The Kier molecular flexibility index (Phi) is 5.68. The van der Waals surface area contributed by atoms with E-state index in [1.807, 2.05) is 0 Å². The van der Waals surface area contributed by atoms with Gasteiger partial charge in [0.05, 0.1) is 0 Å². The van der Waals surface area contributed by atoms with Crippen molar-refractivity contribution >= 4 is 0 Å². The highest BCUT2D eigenvalue weighted by molar-refractivity contribution is 5.20. The zero-order valence-corrected chi connectivity index (χ0v) is 21.4. The van der Waals surface area contributed by atoms with Crippen LogP contribution >= 0.6 is 0 Å². The number of allylic oxidation sites excluding steroid dienone is 3. The normalized spacial score (nSPS) is 47.0. The van der Waals surface area contributed by atoms with Crippen molar-refractivity contribution in [2.75, 3.05) is 0 Å². The van der Waals surface area contributed by atoms with Crippen LogP contribution in [0.25, 0.3) is 0 Å². The zero-order valence-electron chi connectivity index (χ0n) is 21.4. The summed E-state index contributed by atoms with van der Waals surface area (Å²) in [5.41, 5.74) is 5.19. The molecule has 0 aliphatic heterocycles. The molecular formula is C30H50. The van der Waals surface area contributed by atoms with Gasteiger partial charge in [-0.15, -0.1) is 0 Å². The third kappa shape index (κ3) is 3.21. The molecule has 0 bridgehead atoms. The van der Waals surface area contributed by atoms with Gasteiger partial charge in [-0.3, -0.25) is 0 Å². The maximum atomic E-state index is 4.65. The van der Waals surface area contributed by atoms with Crippen LogP contribution in [0.15, 0.2) is 23.8 Å². The van der Waals surface area contributed by atoms with Crippen LogP contribution in [0.1, 0.15) is 119 Å². The summed E-state index contributed by atoms with van der Waals surface area (Å²) >= 11 is 0. The summed E-state index contributed by atoms with van der Waals surface area (Å²) in [7, 11) is 0. The SMILES string of the molecule is C=C(CCC=C(C)C)C1CCC2(C)C1CCC1C3(C)CCCC(C)(C)C3CCC12C. The van der Waals surface area contributed by atoms with Crippen LogP contribution in [0.5, 0.6) is 0 Å². The molecule has 7 atom stereocenters. The van der Waals surface area contributed by atoms with E-state index in [4.69, 9.17) is 0 Å². The van der Waals surface area contributed by atoms with Crippen LogP contribution in [-0.4, -0.2) is 0 Å². The molecule has 4 saturated carbocycles. The van der Waals surface area contributed by atoms with E-state index >= 15 is 0 Å². The maximum Gasteiger partial charge on any atom is -0.0172 e. The Morgan fingerprint density at radius 1 is 0.833 bits per heavy atom. The molecule has 0 radical (unpaired) electrons. The summed E-state index contributed by atoms with van der Waals surface area (Å²) in [5, 5.41) is 0. The molecule has 0 heteroatoms. The summed E-state index contributed by atoms with van der Waals surface area (Å²) < 4.78 is 0. The van der Waals surface area contributed by atoms with E-state index in [0.717, 1.165) is 23.7 Å². The largest absolute Gasteiger partial charge is 0.0996 e. The Morgan fingerprint density at radius 3 is 2.23 bits per heavy atom. The van der Waals surface area contributed by atoms with Crippen molar-refractivity contribution < 1.29 is 0 Å². The first-order chi connectivity index (χ1) is 14.0. The molecule has 0 nitrogen and oxygen atoms in total. The van der Waals surface area contributed by atoms with Crippen LogP contribution in [-0.2, 0) is 0 Å². The summed E-state index contributed by atoms with van der Waals surface area (Å²) in [6.07, 6.45) is 17.9. The molecule has 7 unspecified atom stereocenters. The second-order valence-electron chi connectivity index (χ2n) is 13.6. The number of hydrogen-bond donors (Lipinski definition) is 0. The summed E-state index contributed by atoms with van der Waals surface area (Å²) in [6.45, 7) is 22.5. The highest BCUT2D eigenvalue weighted by atomic mass is 14.7. The first kappa shape index (κ1) is 22.7. The van der Waals surface area contributed by atoms with Crippen molar-refractivity contribution in [3.63, 3.8) is 0 Å². The Balaban J connectivity index is 1.58. The van der Waals surface area contributed by atoms with Crippen LogP contribution in [0.3, 0.4) is 0 Å². The van der Waals surface area contributed by atoms with E-state index in [-0.39, 0.29) is 0 Å². The minimum Gasteiger partial charge on any atom is -0.0996 e. The molecule has 170 valence electrons. The lowest BCUT2D eigenvalue weighted by Crippen LogP contribution is -2.62. The van der Waals surface area contributed by atoms with Gasteiger partial charge in [0.25, 0.3) is 0 Å². The van der Waals surface area contributed by atoms with Crippen molar-refractivity contribution in [1.29, 1.82) is 0 Å². The standard InChI is InChI=1S/C30H50/c1-21(2)11-9-12-22(3)23-15-19-29(7)24(23)13-14-26-28(6)18-10-17-27(4,5)25(28)16-20-30(26,29)8/h11,23-26H,3,9-10,12-20H2,1-2,4-8H3. The minimum atomic E-state index is 0.523. The Bertz CT molecular complexity index is 706. The van der Waals surface area contributed by atoms with Crippen molar-refractivity contribution in [2.45, 2.75) is 119 Å². The Labute approximate surface area is 188 Å². The van der Waals surface area contributed by atoms with Gasteiger partial charge in [-0.05, 0) is 123 Å². The van der Waals surface area contributed by atoms with Gasteiger partial charge < -0.3 is 0 Å². The van der Waals surface area contributed by atoms with Gasteiger partial charge in [-0.25, -0.2) is 0 Å². The quantitative estimate of drug-likeness (QED) is 0.405. The zero-order chi connectivity index (χ0) is 21.9. The fourth-order valence-corrected chi connectivity index (χ4v) is 10.1. The predicted octanol–water partition coefficient (Wildman–Crippen LogP) is 9.36. The second-order valence-corrected chi connectivity index (χ2v) is 13.6. The van der Waals surface area contributed by atoms with Gasteiger partial charge in [-0.1, -0.05) is 64.8 Å². The number of rotatable bonds is 4. The lowest BCUT2D eigenvalue weighted by Gasteiger charge is -2.69. The number of fused-ring (bicyclic) bond motifs is 5. The monoisotopic (exact) mass is 410 g/mol. The van der Waals surface area contributed by atoms with Crippen LogP contribution in [0.4, 0.5) is 0 Å². The fraction of sp³-hybridized carbons (Fsp3) is 0.867. The molecule has 4 fully saturated rings. The van der Waals surface area contributed by atoms with E-state index in [1.165, 1.54) is 76.2 Å². The fourth-order valence-electron chi connectivity index (χ4n) is 10.1. The van der Waals surface area contributed by atoms with E-state index < -0.39 is 0 Å². The second kappa shape index (κ2) is 7.52. The van der Waals surface area contributed by atoms with Crippen molar-refractivity contribution in [3.05, 3.63) is 23.8 Å². The number of hydrogen-bond acceptors (Lipinski definition) is 0. The first-order valence-electron chi connectivity index (χ1n) is 13.3. The van der Waals surface area contributed by atoms with Crippen molar-refractivity contribution in [2.24, 2.45) is 45.3 Å². The molecule has 0 saturated heterocycles. The highest BCUT2D eigenvalue weighted by Gasteiger charge is 2.67. The average molecular weight is 411 g/mol. The molecule has 4 aliphatic rings. The molecule has 0 aromatic heterocycles. The molecular weight excluding hydrogens is 360 g/mol. The van der Waals surface area contributed by atoms with Crippen LogP contribution in [0, 0.1) is 45.3 Å². The molecule has 0 spiro atoms. The minimum absolute atomic E-state index is 0.523. The molecule has 0 amide bonds. The Hall–Kier alpha value is -0.520. The third-order valence-corrected chi connectivity index (χ3v) is 11.7. The molecule has 0 N–H and O–H groups in total. The molecule has 4 aliphatic carbocycles. The van der Waals surface area contributed by atoms with Crippen molar-refractivity contribution in [3.8, 4) is 0 Å².